The lowest BCUT2D eigenvalue weighted by Crippen LogP contribution is -2.46. The smallest absolute Gasteiger partial charge is 0.332 e. The van der Waals surface area contributed by atoms with Crippen LogP contribution in [0.5, 0.6) is 0 Å². The standard InChI is InChI=1S/C13H17N3O5/c1-3-21-13(18)11(14)12(17)15-7-9-5-4-6-10(8(9)2)16(19)20/h4-6,11H,3,7,14H2,1-2H3,(H,15,17). The zero-order valence-electron chi connectivity index (χ0n) is 11.8. The molecule has 0 saturated heterocycles. The van der Waals surface area contributed by atoms with Gasteiger partial charge in [-0.2, -0.15) is 0 Å². The third kappa shape index (κ3) is 4.25. The van der Waals surface area contributed by atoms with E-state index in [1.54, 1.807) is 19.9 Å². The van der Waals surface area contributed by atoms with E-state index in [1.165, 1.54) is 12.1 Å². The van der Waals surface area contributed by atoms with Gasteiger partial charge in [-0.15, -0.1) is 0 Å². The van der Waals surface area contributed by atoms with Crippen molar-refractivity contribution >= 4 is 17.6 Å². The number of hydrogen-bond donors (Lipinski definition) is 2. The average molecular weight is 295 g/mol. The molecule has 114 valence electrons. The van der Waals surface area contributed by atoms with Crippen molar-refractivity contribution in [1.82, 2.24) is 5.32 Å². The summed E-state index contributed by atoms with van der Waals surface area (Å²) >= 11 is 0. The number of benzene rings is 1. The number of hydrogen-bond acceptors (Lipinski definition) is 6. The molecule has 1 amide bonds. The zero-order valence-corrected chi connectivity index (χ0v) is 11.8. The molecule has 8 heteroatoms. The molecule has 0 saturated carbocycles. The number of nitrogens with two attached hydrogens (primary N) is 1. The maximum atomic E-state index is 11.7. The Kier molecular flexibility index (Phi) is 5.79. The van der Waals surface area contributed by atoms with Crippen molar-refractivity contribution in [2.45, 2.75) is 26.4 Å². The first-order valence-electron chi connectivity index (χ1n) is 6.31. The van der Waals surface area contributed by atoms with E-state index in [0.717, 1.165) is 0 Å². The van der Waals surface area contributed by atoms with Crippen molar-refractivity contribution in [3.63, 3.8) is 0 Å². The van der Waals surface area contributed by atoms with Crippen molar-refractivity contribution in [3.8, 4) is 0 Å². The molecule has 0 fully saturated rings. The van der Waals surface area contributed by atoms with Gasteiger partial charge < -0.3 is 15.8 Å². The minimum Gasteiger partial charge on any atom is -0.464 e. The van der Waals surface area contributed by atoms with Crippen molar-refractivity contribution in [3.05, 3.63) is 39.4 Å². The van der Waals surface area contributed by atoms with Gasteiger partial charge in [0.25, 0.3) is 5.69 Å². The zero-order chi connectivity index (χ0) is 16.0. The number of ether oxygens (including phenoxy) is 1. The highest BCUT2D eigenvalue weighted by atomic mass is 16.6. The number of esters is 1. The first kappa shape index (κ1) is 16.6. The van der Waals surface area contributed by atoms with Crippen molar-refractivity contribution in [2.75, 3.05) is 6.61 Å². The third-order valence-electron chi connectivity index (χ3n) is 2.89. The first-order chi connectivity index (χ1) is 9.88. The van der Waals surface area contributed by atoms with Crippen LogP contribution in [0, 0.1) is 17.0 Å². The largest absolute Gasteiger partial charge is 0.464 e. The van der Waals surface area contributed by atoms with Crippen LogP contribution in [-0.2, 0) is 20.9 Å². The number of nitrogens with one attached hydrogen (secondary N) is 1. The van der Waals surface area contributed by atoms with Crippen molar-refractivity contribution in [1.29, 1.82) is 0 Å². The Hall–Kier alpha value is -2.48. The van der Waals surface area contributed by atoms with E-state index in [-0.39, 0.29) is 18.8 Å². The van der Waals surface area contributed by atoms with Crippen LogP contribution in [0.3, 0.4) is 0 Å². The van der Waals surface area contributed by atoms with Gasteiger partial charge in [-0.1, -0.05) is 12.1 Å². The second kappa shape index (κ2) is 7.34. The van der Waals surface area contributed by atoms with Gasteiger partial charge in [-0.25, -0.2) is 4.79 Å². The Bertz CT molecular complexity index is 559. The predicted molar refractivity (Wildman–Crippen MR) is 74.3 cm³/mol. The van der Waals surface area contributed by atoms with Gasteiger partial charge in [0.05, 0.1) is 11.5 Å². The quantitative estimate of drug-likeness (QED) is 0.339. The minimum atomic E-state index is -1.41. The van der Waals surface area contributed by atoms with Crippen molar-refractivity contribution < 1.29 is 19.2 Å². The summed E-state index contributed by atoms with van der Waals surface area (Å²) in [5, 5.41) is 13.3. The molecule has 0 bridgehead atoms. The molecule has 1 rings (SSSR count). The molecule has 0 heterocycles. The van der Waals surface area contributed by atoms with Gasteiger partial charge in [-0.3, -0.25) is 14.9 Å². The van der Waals surface area contributed by atoms with E-state index in [4.69, 9.17) is 5.73 Å². The molecule has 1 unspecified atom stereocenters. The fourth-order valence-electron chi connectivity index (χ4n) is 1.69. The Morgan fingerprint density at radius 3 is 2.71 bits per heavy atom. The van der Waals surface area contributed by atoms with Crippen LogP contribution in [0.1, 0.15) is 18.1 Å². The summed E-state index contributed by atoms with van der Waals surface area (Å²) in [4.78, 5) is 33.3. The van der Waals surface area contributed by atoms with E-state index in [9.17, 15) is 19.7 Å². The van der Waals surface area contributed by atoms with E-state index in [0.29, 0.717) is 11.1 Å². The van der Waals surface area contributed by atoms with Crippen LogP contribution in [0.25, 0.3) is 0 Å². The van der Waals surface area contributed by atoms with Crippen LogP contribution >= 0.6 is 0 Å². The summed E-state index contributed by atoms with van der Waals surface area (Å²) in [7, 11) is 0. The molecule has 0 aliphatic heterocycles. The normalized spacial score (nSPS) is 11.6. The molecule has 8 nitrogen and oxygen atoms in total. The number of nitro benzene ring substituents is 1. The van der Waals surface area contributed by atoms with Crippen LogP contribution in [0.2, 0.25) is 0 Å². The molecule has 0 aromatic heterocycles. The van der Waals surface area contributed by atoms with Gasteiger partial charge in [0.2, 0.25) is 5.91 Å². The van der Waals surface area contributed by atoms with Crippen LogP contribution in [-0.4, -0.2) is 29.4 Å². The molecule has 1 aromatic rings. The summed E-state index contributed by atoms with van der Waals surface area (Å²) in [6.07, 6.45) is 0. The Morgan fingerprint density at radius 1 is 1.48 bits per heavy atom. The summed E-state index contributed by atoms with van der Waals surface area (Å²) in [5.41, 5.74) is 6.43. The highest BCUT2D eigenvalue weighted by molar-refractivity contribution is 6.01. The maximum absolute atomic E-state index is 11.7. The molecule has 1 aromatic carbocycles. The molecular formula is C13H17N3O5. The molecular weight excluding hydrogens is 278 g/mol. The van der Waals surface area contributed by atoms with Crippen LogP contribution in [0.4, 0.5) is 5.69 Å². The van der Waals surface area contributed by atoms with E-state index in [1.807, 2.05) is 0 Å². The number of carbonyl (C=O) groups is 2. The first-order valence-corrected chi connectivity index (χ1v) is 6.31. The van der Waals surface area contributed by atoms with Gasteiger partial charge in [-0.05, 0) is 19.4 Å². The number of rotatable bonds is 6. The highest BCUT2D eigenvalue weighted by Gasteiger charge is 2.23. The Morgan fingerprint density at radius 2 is 2.14 bits per heavy atom. The fraction of sp³-hybridized carbons (Fsp3) is 0.385. The van der Waals surface area contributed by atoms with Gasteiger partial charge >= 0.3 is 5.97 Å². The monoisotopic (exact) mass is 295 g/mol. The second-order valence-electron chi connectivity index (χ2n) is 4.27. The van der Waals surface area contributed by atoms with E-state index < -0.39 is 22.8 Å². The molecule has 0 spiro atoms. The summed E-state index contributed by atoms with van der Waals surface area (Å²) in [5.74, 6) is -1.51. The maximum Gasteiger partial charge on any atom is 0.332 e. The van der Waals surface area contributed by atoms with Crippen molar-refractivity contribution in [2.24, 2.45) is 5.73 Å². The van der Waals surface area contributed by atoms with E-state index in [2.05, 4.69) is 10.1 Å². The molecule has 0 aliphatic carbocycles. The molecule has 21 heavy (non-hydrogen) atoms. The van der Waals surface area contributed by atoms with Crippen LogP contribution < -0.4 is 11.1 Å². The lowest BCUT2D eigenvalue weighted by molar-refractivity contribution is -0.385. The van der Waals surface area contributed by atoms with Gasteiger partial charge in [0.15, 0.2) is 6.04 Å². The molecule has 3 N–H and O–H groups in total. The molecule has 1 atom stereocenters. The topological polar surface area (TPSA) is 125 Å². The summed E-state index contributed by atoms with van der Waals surface area (Å²) < 4.78 is 4.64. The highest BCUT2D eigenvalue weighted by Crippen LogP contribution is 2.20. The molecule has 0 radical (unpaired) electrons. The number of nitro groups is 1. The third-order valence-corrected chi connectivity index (χ3v) is 2.89. The lowest BCUT2D eigenvalue weighted by atomic mass is 10.1. The van der Waals surface area contributed by atoms with Gasteiger partial charge in [0, 0.05) is 18.2 Å². The lowest BCUT2D eigenvalue weighted by Gasteiger charge is -2.12. The Labute approximate surface area is 121 Å². The molecule has 0 aliphatic rings. The predicted octanol–water partition coefficient (Wildman–Crippen LogP) is 0.410. The average Bonchev–Trinajstić information content (AvgIpc) is 2.44. The summed E-state index contributed by atoms with van der Waals surface area (Å²) in [6.45, 7) is 3.36. The van der Waals surface area contributed by atoms with E-state index >= 15 is 0 Å². The van der Waals surface area contributed by atoms with Crippen LogP contribution in [0.15, 0.2) is 18.2 Å². The summed E-state index contributed by atoms with van der Waals surface area (Å²) in [6, 6.07) is 3.14. The SMILES string of the molecule is CCOC(=O)C(N)C(=O)NCc1cccc([N+](=O)[O-])c1C. The second-order valence-corrected chi connectivity index (χ2v) is 4.27. The number of carbonyl (C=O) groups excluding carboxylic acids is 2. The Balaban J connectivity index is 2.72. The van der Waals surface area contributed by atoms with Gasteiger partial charge in [0.1, 0.15) is 0 Å². The number of nitrogens with zero attached hydrogens (tertiary/aromatic N) is 1. The minimum absolute atomic E-state index is 0.0311. The number of amides is 1. The fourth-order valence-corrected chi connectivity index (χ4v) is 1.69.